The van der Waals surface area contributed by atoms with Crippen LogP contribution in [0.1, 0.15) is 32.1 Å². The van der Waals surface area contributed by atoms with Gasteiger partial charge in [-0.3, -0.25) is 0 Å². The molecule has 0 aromatic heterocycles. The van der Waals surface area contributed by atoms with Gasteiger partial charge >= 0.3 is 0 Å². The number of carbonyl (C=O) groups is 1. The Kier molecular flexibility index (Phi) is 1.20. The minimum Gasteiger partial charge on any atom is -0.300 e. The van der Waals surface area contributed by atoms with E-state index < -0.39 is 0 Å². The van der Waals surface area contributed by atoms with Crippen molar-refractivity contribution in [1.29, 1.82) is 0 Å². The molecule has 1 spiro atoms. The molecular weight excluding hydrogens is 123 g/mol. The molecule has 0 aromatic rings. The maximum absolute atomic E-state index is 11.0. The second kappa shape index (κ2) is 1.87. The average molecular weight is 134 g/mol. The van der Waals surface area contributed by atoms with E-state index in [0.717, 1.165) is 19.3 Å². The van der Waals surface area contributed by atoms with Gasteiger partial charge in [0.1, 0.15) is 5.78 Å². The molecule has 2 aliphatic rings. The summed E-state index contributed by atoms with van der Waals surface area (Å²) in [4.78, 5) is 11.0. The third kappa shape index (κ3) is 0.901. The molecule has 2 aliphatic carbocycles. The average Bonchev–Trinajstić information content (AvgIpc) is 2.62. The van der Waals surface area contributed by atoms with Gasteiger partial charge in [0.25, 0.3) is 0 Å². The number of rotatable bonds is 0. The molecule has 2 radical (unpaired) electrons. The first kappa shape index (κ1) is 6.45. The Morgan fingerprint density at radius 3 is 2.60 bits per heavy atom. The summed E-state index contributed by atoms with van der Waals surface area (Å²) in [5.74, 6) is 0.147. The van der Waals surface area contributed by atoms with Crippen LogP contribution in [-0.4, -0.2) is 13.6 Å². The van der Waals surface area contributed by atoms with E-state index in [4.69, 9.17) is 7.85 Å². The van der Waals surface area contributed by atoms with Gasteiger partial charge in [-0.1, -0.05) is 0 Å². The molecule has 0 aliphatic heterocycles. The number of hydrogen-bond acceptors (Lipinski definition) is 1. The zero-order valence-electron chi connectivity index (χ0n) is 6.10. The molecule has 0 aromatic carbocycles. The van der Waals surface area contributed by atoms with Crippen LogP contribution in [0, 0.1) is 5.41 Å². The first-order valence-corrected chi connectivity index (χ1v) is 4.00. The van der Waals surface area contributed by atoms with Crippen LogP contribution in [0.25, 0.3) is 0 Å². The summed E-state index contributed by atoms with van der Waals surface area (Å²) in [6.07, 6.45) is 5.44. The van der Waals surface area contributed by atoms with Crippen molar-refractivity contribution >= 4 is 13.6 Å². The van der Waals surface area contributed by atoms with Gasteiger partial charge in [0, 0.05) is 6.42 Å². The first-order valence-electron chi connectivity index (χ1n) is 4.00. The van der Waals surface area contributed by atoms with Crippen LogP contribution in [0.3, 0.4) is 0 Å². The van der Waals surface area contributed by atoms with Gasteiger partial charge in [-0.05, 0) is 36.9 Å². The minimum absolute atomic E-state index is 0.128. The Morgan fingerprint density at radius 2 is 2.10 bits per heavy atom. The highest BCUT2D eigenvalue weighted by molar-refractivity contribution is 6.24. The highest BCUT2D eigenvalue weighted by Crippen LogP contribution is 2.57. The lowest BCUT2D eigenvalue weighted by Gasteiger charge is -2.25. The molecule has 10 heavy (non-hydrogen) atoms. The molecule has 1 atom stereocenters. The monoisotopic (exact) mass is 134 g/mol. The summed E-state index contributed by atoms with van der Waals surface area (Å²) in [5, 5.41) is 0. The summed E-state index contributed by atoms with van der Waals surface area (Å²) in [6.45, 7) is 0. The second-order valence-corrected chi connectivity index (χ2v) is 3.78. The largest absolute Gasteiger partial charge is 0.300 e. The summed E-state index contributed by atoms with van der Waals surface area (Å²) < 4.78 is 0. The topological polar surface area (TPSA) is 17.1 Å². The normalized spacial score (nSPS) is 36.4. The maximum atomic E-state index is 11.0. The van der Waals surface area contributed by atoms with Gasteiger partial charge in [0.2, 0.25) is 0 Å². The summed E-state index contributed by atoms with van der Waals surface area (Å²) in [5.41, 5.74) is 0.535. The van der Waals surface area contributed by atoms with Gasteiger partial charge in [-0.2, -0.15) is 0 Å². The molecule has 0 amide bonds. The van der Waals surface area contributed by atoms with E-state index in [0.29, 0.717) is 5.41 Å². The zero-order chi connectivity index (χ0) is 7.19. The molecule has 0 heterocycles. The lowest BCUT2D eigenvalue weighted by Crippen LogP contribution is -2.21. The van der Waals surface area contributed by atoms with E-state index in [-0.39, 0.29) is 11.6 Å². The van der Waals surface area contributed by atoms with Crippen molar-refractivity contribution in [2.75, 3.05) is 0 Å². The molecule has 2 rings (SSSR count). The number of hydrogen-bond donors (Lipinski definition) is 0. The van der Waals surface area contributed by atoms with Crippen molar-refractivity contribution < 1.29 is 4.79 Å². The third-order valence-corrected chi connectivity index (χ3v) is 2.93. The van der Waals surface area contributed by atoms with Crippen LogP contribution in [0.5, 0.6) is 0 Å². The highest BCUT2D eigenvalue weighted by Gasteiger charge is 2.46. The third-order valence-electron chi connectivity index (χ3n) is 2.93. The quantitative estimate of drug-likeness (QED) is 0.458. The van der Waals surface area contributed by atoms with Crippen LogP contribution >= 0.6 is 0 Å². The molecule has 1 unspecified atom stereocenters. The fourth-order valence-electron chi connectivity index (χ4n) is 1.89. The molecule has 1 nitrogen and oxygen atoms in total. The number of ketones is 1. The fraction of sp³-hybridized carbons (Fsp3) is 0.875. The van der Waals surface area contributed by atoms with Crippen LogP contribution in [0.4, 0.5) is 0 Å². The first-order chi connectivity index (χ1) is 4.72. The zero-order valence-corrected chi connectivity index (χ0v) is 6.10. The predicted octanol–water partition coefficient (Wildman–Crippen LogP) is 1.48. The van der Waals surface area contributed by atoms with Crippen molar-refractivity contribution in [3.63, 3.8) is 0 Å². The van der Waals surface area contributed by atoms with E-state index in [1.165, 1.54) is 12.8 Å². The van der Waals surface area contributed by atoms with Crippen LogP contribution in [0.15, 0.2) is 0 Å². The Hall–Kier alpha value is -0.265. The SMILES string of the molecule is [B]C1CC2(CCC1=O)CC2. The van der Waals surface area contributed by atoms with Crippen molar-refractivity contribution in [3.8, 4) is 0 Å². The number of carbonyl (C=O) groups excluding carboxylic acids is 1. The van der Waals surface area contributed by atoms with Crippen LogP contribution in [0.2, 0.25) is 5.82 Å². The lowest BCUT2D eigenvalue weighted by atomic mass is 9.69. The van der Waals surface area contributed by atoms with Crippen molar-refractivity contribution in [1.82, 2.24) is 0 Å². The summed E-state index contributed by atoms with van der Waals surface area (Å²) >= 11 is 0. The fourth-order valence-corrected chi connectivity index (χ4v) is 1.89. The number of Topliss-reactive ketones (excluding diaryl/α,β-unsaturated/α-hetero) is 1. The molecule has 52 valence electrons. The Labute approximate surface area is 62.6 Å². The van der Waals surface area contributed by atoms with Gasteiger partial charge in [-0.15, -0.1) is 0 Å². The molecule has 0 N–H and O–H groups in total. The van der Waals surface area contributed by atoms with Crippen molar-refractivity contribution in [2.45, 2.75) is 37.9 Å². The molecular formula is C8H11BO. The van der Waals surface area contributed by atoms with Gasteiger partial charge in [0.15, 0.2) is 0 Å². The van der Waals surface area contributed by atoms with Gasteiger partial charge in [-0.25, -0.2) is 0 Å². The van der Waals surface area contributed by atoms with E-state index in [2.05, 4.69) is 0 Å². The van der Waals surface area contributed by atoms with E-state index in [9.17, 15) is 4.79 Å². The highest BCUT2D eigenvalue weighted by atomic mass is 16.1. The minimum atomic E-state index is -0.128. The lowest BCUT2D eigenvalue weighted by molar-refractivity contribution is -0.121. The van der Waals surface area contributed by atoms with Crippen molar-refractivity contribution in [2.24, 2.45) is 5.41 Å². The molecule has 2 fully saturated rings. The second-order valence-electron chi connectivity index (χ2n) is 3.78. The van der Waals surface area contributed by atoms with E-state index in [1.54, 1.807) is 0 Å². The van der Waals surface area contributed by atoms with Gasteiger partial charge in [0.05, 0.1) is 7.85 Å². The Balaban J connectivity index is 2.04. The smallest absolute Gasteiger partial charge is 0.127 e. The molecule has 0 saturated heterocycles. The summed E-state index contributed by atoms with van der Waals surface area (Å²) in [6, 6.07) is 0. The molecule has 0 bridgehead atoms. The predicted molar refractivity (Wildman–Crippen MR) is 40.0 cm³/mol. The maximum Gasteiger partial charge on any atom is 0.127 e. The van der Waals surface area contributed by atoms with Crippen LogP contribution in [-0.2, 0) is 4.79 Å². The van der Waals surface area contributed by atoms with Gasteiger partial charge < -0.3 is 4.79 Å². The van der Waals surface area contributed by atoms with E-state index >= 15 is 0 Å². The Morgan fingerprint density at radius 1 is 1.40 bits per heavy atom. The van der Waals surface area contributed by atoms with E-state index in [1.807, 2.05) is 0 Å². The molecule has 2 heteroatoms. The molecule has 2 saturated carbocycles. The standard InChI is InChI=1S/C8H11BO/c9-6-5-8(3-4-8)2-1-7(6)10/h6H,1-5H2. The van der Waals surface area contributed by atoms with Crippen LogP contribution < -0.4 is 0 Å². The summed E-state index contributed by atoms with van der Waals surface area (Å²) in [7, 11) is 5.64. The Bertz CT molecular complexity index is 172. The van der Waals surface area contributed by atoms with Crippen molar-refractivity contribution in [3.05, 3.63) is 0 Å².